The van der Waals surface area contributed by atoms with E-state index in [9.17, 15) is 4.79 Å². The molecule has 2 aliphatic carbocycles. The predicted molar refractivity (Wildman–Crippen MR) is 77.8 cm³/mol. The minimum atomic E-state index is -0.407. The van der Waals surface area contributed by atoms with Crippen LogP contribution in [0.15, 0.2) is 11.6 Å². The highest BCUT2D eigenvalue weighted by Gasteiger charge is 2.68. The lowest BCUT2D eigenvalue weighted by Crippen LogP contribution is -2.53. The highest BCUT2D eigenvalue weighted by Crippen LogP contribution is 2.69. The number of hydrogen-bond acceptors (Lipinski definition) is 2. The summed E-state index contributed by atoms with van der Waals surface area (Å²) in [6.45, 7) is 15.4. The van der Waals surface area contributed by atoms with Gasteiger partial charge in [-0.1, -0.05) is 54.0 Å². The Morgan fingerprint density at radius 2 is 1.74 bits per heavy atom. The zero-order chi connectivity index (χ0) is 14.7. The first-order valence-electron chi connectivity index (χ1n) is 7.46. The fourth-order valence-corrected chi connectivity index (χ4v) is 2.81. The van der Waals surface area contributed by atoms with Crippen LogP contribution in [-0.4, -0.2) is 11.6 Å². The molecule has 0 radical (unpaired) electrons. The van der Waals surface area contributed by atoms with Crippen LogP contribution >= 0.6 is 0 Å². The van der Waals surface area contributed by atoms with Gasteiger partial charge in [0.1, 0.15) is 11.0 Å². The van der Waals surface area contributed by atoms with E-state index in [4.69, 9.17) is 4.74 Å². The number of carbonyl (C=O) groups is 1. The van der Waals surface area contributed by atoms with E-state index in [1.165, 1.54) is 5.57 Å². The Kier molecular flexibility index (Phi) is 2.97. The highest BCUT2D eigenvalue weighted by molar-refractivity contribution is 5.96. The van der Waals surface area contributed by atoms with Crippen molar-refractivity contribution in [1.29, 1.82) is 0 Å². The Morgan fingerprint density at radius 3 is 2.05 bits per heavy atom. The van der Waals surface area contributed by atoms with Crippen LogP contribution in [-0.2, 0) is 9.53 Å². The molecule has 19 heavy (non-hydrogen) atoms. The van der Waals surface area contributed by atoms with Gasteiger partial charge in [-0.05, 0) is 30.8 Å². The summed E-state index contributed by atoms with van der Waals surface area (Å²) < 4.78 is 6.05. The molecule has 0 aromatic rings. The van der Waals surface area contributed by atoms with Gasteiger partial charge in [0.15, 0.2) is 0 Å². The smallest absolute Gasteiger partial charge is 0.321 e. The molecule has 0 heterocycles. The highest BCUT2D eigenvalue weighted by atomic mass is 16.6. The predicted octanol–water partition coefficient (Wildman–Crippen LogP) is 4.49. The van der Waals surface area contributed by atoms with Crippen LogP contribution in [0.1, 0.15) is 67.7 Å². The third-order valence-electron chi connectivity index (χ3n) is 5.86. The average molecular weight is 264 g/mol. The Balaban J connectivity index is 2.19. The van der Waals surface area contributed by atoms with E-state index in [1.54, 1.807) is 0 Å². The number of carbonyl (C=O) groups excluding carboxylic acids is 1. The zero-order valence-corrected chi connectivity index (χ0v) is 13.5. The fraction of sp³-hybridized carbons (Fsp3) is 0.824. The van der Waals surface area contributed by atoms with Gasteiger partial charge in [-0.15, -0.1) is 0 Å². The summed E-state index contributed by atoms with van der Waals surface area (Å²) in [5, 5.41) is 0. The van der Waals surface area contributed by atoms with Crippen LogP contribution in [0.25, 0.3) is 0 Å². The quantitative estimate of drug-likeness (QED) is 0.540. The van der Waals surface area contributed by atoms with Crippen LogP contribution in [0.2, 0.25) is 0 Å². The molecule has 0 N–H and O–H groups in total. The van der Waals surface area contributed by atoms with Crippen molar-refractivity contribution in [2.24, 2.45) is 16.2 Å². The third-order valence-corrected chi connectivity index (χ3v) is 5.86. The van der Waals surface area contributed by atoms with Gasteiger partial charge in [0.2, 0.25) is 0 Å². The van der Waals surface area contributed by atoms with Gasteiger partial charge in [0.05, 0.1) is 0 Å². The molecule has 0 aliphatic heterocycles. The normalized spacial score (nSPS) is 28.1. The van der Waals surface area contributed by atoms with Crippen LogP contribution in [0.5, 0.6) is 0 Å². The molecule has 0 bridgehead atoms. The van der Waals surface area contributed by atoms with Crippen molar-refractivity contribution < 1.29 is 9.53 Å². The van der Waals surface area contributed by atoms with Crippen molar-refractivity contribution in [3.63, 3.8) is 0 Å². The van der Waals surface area contributed by atoms with E-state index in [0.29, 0.717) is 0 Å². The van der Waals surface area contributed by atoms with Gasteiger partial charge < -0.3 is 4.74 Å². The fourth-order valence-electron chi connectivity index (χ4n) is 2.81. The van der Waals surface area contributed by atoms with Crippen molar-refractivity contribution in [3.05, 3.63) is 11.6 Å². The molecule has 1 saturated carbocycles. The monoisotopic (exact) mass is 264 g/mol. The standard InChI is InChI=1S/C17H28O2/c1-8-9-16(7,15(5,6)14(2,3)4)19-13(18)17-10-12(17)11-17/h10H,8-9,11H2,1-7H3. The molecule has 2 atom stereocenters. The summed E-state index contributed by atoms with van der Waals surface area (Å²) in [5.41, 5.74) is 0.633. The first-order valence-corrected chi connectivity index (χ1v) is 7.46. The second-order valence-corrected chi connectivity index (χ2v) is 8.06. The van der Waals surface area contributed by atoms with Gasteiger partial charge in [-0.25, -0.2) is 0 Å². The second-order valence-electron chi connectivity index (χ2n) is 8.06. The van der Waals surface area contributed by atoms with E-state index in [0.717, 1.165) is 19.3 Å². The first kappa shape index (κ1) is 14.6. The van der Waals surface area contributed by atoms with Gasteiger partial charge in [0.25, 0.3) is 0 Å². The van der Waals surface area contributed by atoms with Crippen molar-refractivity contribution >= 4 is 5.97 Å². The molecule has 2 rings (SSSR count). The molecular weight excluding hydrogens is 236 g/mol. The molecule has 1 fully saturated rings. The molecule has 2 unspecified atom stereocenters. The summed E-state index contributed by atoms with van der Waals surface area (Å²) >= 11 is 0. The molecule has 0 aromatic carbocycles. The van der Waals surface area contributed by atoms with Crippen molar-refractivity contribution in [2.45, 2.75) is 73.3 Å². The number of rotatable bonds is 5. The van der Waals surface area contributed by atoms with E-state index in [-0.39, 0.29) is 22.2 Å². The first-order chi connectivity index (χ1) is 8.50. The summed E-state index contributed by atoms with van der Waals surface area (Å²) in [5.74, 6) is -0.0178. The van der Waals surface area contributed by atoms with Gasteiger partial charge in [-0.3, -0.25) is 4.79 Å². The second kappa shape index (κ2) is 3.86. The minimum Gasteiger partial charge on any atom is -0.458 e. The molecule has 0 spiro atoms. The van der Waals surface area contributed by atoms with E-state index < -0.39 is 5.60 Å². The van der Waals surface area contributed by atoms with Crippen molar-refractivity contribution in [1.82, 2.24) is 0 Å². The Morgan fingerprint density at radius 1 is 1.26 bits per heavy atom. The maximum Gasteiger partial charge on any atom is 0.321 e. The summed E-state index contributed by atoms with van der Waals surface area (Å²) in [6.07, 6.45) is 4.92. The molecule has 2 aliphatic rings. The third kappa shape index (κ3) is 2.04. The van der Waals surface area contributed by atoms with E-state index >= 15 is 0 Å². The maximum absolute atomic E-state index is 12.4. The molecule has 0 aromatic heterocycles. The SMILES string of the molecule is CCCC(C)(OC(=O)C12C=C1C2)C(C)(C)C(C)(C)C. The topological polar surface area (TPSA) is 26.3 Å². The largest absolute Gasteiger partial charge is 0.458 e. The van der Waals surface area contributed by atoms with Gasteiger partial charge in [-0.2, -0.15) is 0 Å². The lowest BCUT2D eigenvalue weighted by Gasteiger charge is -2.51. The van der Waals surface area contributed by atoms with Crippen LogP contribution in [0.4, 0.5) is 0 Å². The average Bonchev–Trinajstić information content (AvgIpc) is 3.02. The Labute approximate surface area is 117 Å². The van der Waals surface area contributed by atoms with Crippen molar-refractivity contribution in [3.8, 4) is 0 Å². The number of hydrogen-bond donors (Lipinski definition) is 0. The molecule has 0 saturated heterocycles. The van der Waals surface area contributed by atoms with Crippen molar-refractivity contribution in [2.75, 3.05) is 0 Å². The summed E-state index contributed by atoms with van der Waals surface area (Å²) in [7, 11) is 0. The Bertz CT molecular complexity index is 439. The number of fused-ring (bicyclic) bond motifs is 1. The van der Waals surface area contributed by atoms with Gasteiger partial charge in [0, 0.05) is 5.41 Å². The summed E-state index contributed by atoms with van der Waals surface area (Å²) in [6, 6.07) is 0. The Hall–Kier alpha value is -0.790. The van der Waals surface area contributed by atoms with Gasteiger partial charge >= 0.3 is 5.97 Å². The lowest BCUT2D eigenvalue weighted by atomic mass is 9.59. The molecule has 2 heteroatoms. The van der Waals surface area contributed by atoms with E-state index in [1.807, 2.05) is 6.08 Å². The lowest BCUT2D eigenvalue weighted by molar-refractivity contribution is -0.187. The summed E-state index contributed by atoms with van der Waals surface area (Å²) in [4.78, 5) is 12.4. The maximum atomic E-state index is 12.4. The van der Waals surface area contributed by atoms with Crippen LogP contribution < -0.4 is 0 Å². The molecule has 2 nitrogen and oxygen atoms in total. The number of ether oxygens (including phenoxy) is 1. The molecule has 0 amide bonds. The molecular formula is C17H28O2. The van der Waals surface area contributed by atoms with Crippen LogP contribution in [0, 0.1) is 16.2 Å². The zero-order valence-electron chi connectivity index (χ0n) is 13.5. The van der Waals surface area contributed by atoms with Crippen LogP contribution in [0.3, 0.4) is 0 Å². The van der Waals surface area contributed by atoms with E-state index in [2.05, 4.69) is 48.5 Å². The minimum absolute atomic E-state index is 0.0178. The molecule has 108 valence electrons. The number of esters is 1.